The molecule has 6 aromatic carbocycles. The van der Waals surface area contributed by atoms with E-state index in [2.05, 4.69) is 149 Å². The third-order valence-corrected chi connectivity index (χ3v) is 11.0. The van der Waals surface area contributed by atoms with Gasteiger partial charge in [-0.15, -0.1) is 15.0 Å². The van der Waals surface area contributed by atoms with Gasteiger partial charge in [0.05, 0.1) is 15.5 Å². The van der Waals surface area contributed by atoms with E-state index < -0.39 is 5.54 Å². The number of aryl methyl sites for hydroxylation is 1. The van der Waals surface area contributed by atoms with Gasteiger partial charge < -0.3 is 8.98 Å². The monoisotopic (exact) mass is 768 g/mol. The van der Waals surface area contributed by atoms with Gasteiger partial charge in [0.2, 0.25) is 5.82 Å². The number of nitrogens with zero attached hydrogens (tertiary/aromatic N) is 6. The quantitative estimate of drug-likeness (QED) is 0.123. The van der Waals surface area contributed by atoms with Crippen LogP contribution in [0.3, 0.4) is 0 Å². The Balaban J connectivity index is 1.13. The van der Waals surface area contributed by atoms with Crippen molar-refractivity contribution in [3.63, 3.8) is 0 Å². The molecule has 7 nitrogen and oxygen atoms in total. The average molecular weight is 770 g/mol. The van der Waals surface area contributed by atoms with Crippen molar-refractivity contribution < 1.29 is 4.42 Å². The highest BCUT2D eigenvalue weighted by atomic mass is 79.9. The number of imidazole rings is 1. The lowest BCUT2D eigenvalue weighted by molar-refractivity contribution is 0.396. The first-order valence-electron chi connectivity index (χ1n) is 18.4. The number of halogens is 1. The summed E-state index contributed by atoms with van der Waals surface area (Å²) in [5.41, 5.74) is 8.04. The van der Waals surface area contributed by atoms with Crippen LogP contribution in [0.5, 0.6) is 0 Å². The summed E-state index contributed by atoms with van der Waals surface area (Å²) in [6.07, 6.45) is 3.18. The van der Waals surface area contributed by atoms with E-state index >= 15 is 0 Å². The van der Waals surface area contributed by atoms with Crippen molar-refractivity contribution in [1.82, 2.24) is 29.8 Å². The standard InChI is InChI=1S/C46H37BrN6O/c1-2-3-27-42-48-39-25-15-16-26-40(39)52(42)31-32-28-29-41-38(30-32)43(47)44(54-41)36-23-13-14-24-37(36)45-49-51-53(50-45)46(33-17-7-4-8-18-33,34-19-9-5-10-20-34)35-21-11-6-12-22-35/h4-26,28-30H,2-3,27,31H2,1H3. The van der Waals surface area contributed by atoms with Crippen LogP contribution in [0, 0.1) is 0 Å². The van der Waals surface area contributed by atoms with Crippen molar-refractivity contribution >= 4 is 37.9 Å². The molecular formula is C46H37BrN6O. The van der Waals surface area contributed by atoms with Crippen molar-refractivity contribution in [2.24, 2.45) is 0 Å². The van der Waals surface area contributed by atoms with Crippen LogP contribution in [-0.2, 0) is 18.5 Å². The van der Waals surface area contributed by atoms with E-state index in [1.54, 1.807) is 4.80 Å². The molecule has 0 aliphatic carbocycles. The zero-order valence-corrected chi connectivity index (χ0v) is 31.4. The zero-order chi connectivity index (χ0) is 36.5. The molecule has 0 N–H and O–H groups in total. The molecule has 0 saturated heterocycles. The van der Waals surface area contributed by atoms with Gasteiger partial charge in [0.25, 0.3) is 0 Å². The smallest absolute Gasteiger partial charge is 0.205 e. The number of benzene rings is 6. The summed E-state index contributed by atoms with van der Waals surface area (Å²) >= 11 is 3.95. The third kappa shape index (κ3) is 5.83. The Kier molecular flexibility index (Phi) is 8.97. The third-order valence-electron chi connectivity index (χ3n) is 10.2. The second-order valence-corrected chi connectivity index (χ2v) is 14.3. The number of furan rings is 1. The molecule has 9 rings (SSSR count). The molecule has 3 aromatic heterocycles. The molecule has 3 heterocycles. The molecule has 8 heteroatoms. The van der Waals surface area contributed by atoms with E-state index in [-0.39, 0.29) is 0 Å². The van der Waals surface area contributed by atoms with Crippen molar-refractivity contribution in [3.05, 3.63) is 190 Å². The fourth-order valence-corrected chi connectivity index (χ4v) is 8.23. The van der Waals surface area contributed by atoms with Gasteiger partial charge in [-0.2, -0.15) is 0 Å². The number of hydrogen-bond donors (Lipinski definition) is 0. The molecular weight excluding hydrogens is 732 g/mol. The summed E-state index contributed by atoms with van der Waals surface area (Å²) < 4.78 is 9.85. The number of para-hydroxylation sites is 2. The molecule has 0 aliphatic rings. The Morgan fingerprint density at radius 2 is 1.30 bits per heavy atom. The predicted molar refractivity (Wildman–Crippen MR) is 218 cm³/mol. The highest BCUT2D eigenvalue weighted by Gasteiger charge is 2.41. The van der Waals surface area contributed by atoms with E-state index in [0.717, 1.165) is 85.9 Å². The number of unbranched alkanes of at least 4 members (excludes halogenated alkanes) is 1. The summed E-state index contributed by atoms with van der Waals surface area (Å²) in [7, 11) is 0. The maximum Gasteiger partial charge on any atom is 0.205 e. The van der Waals surface area contributed by atoms with Crippen LogP contribution in [0.15, 0.2) is 167 Å². The lowest BCUT2D eigenvalue weighted by atomic mass is 9.77. The summed E-state index contributed by atoms with van der Waals surface area (Å²) in [4.78, 5) is 6.75. The van der Waals surface area contributed by atoms with E-state index in [0.29, 0.717) is 11.6 Å². The van der Waals surface area contributed by atoms with Crippen LogP contribution in [-0.4, -0.2) is 29.8 Å². The second-order valence-electron chi connectivity index (χ2n) is 13.5. The first kappa shape index (κ1) is 33.7. The molecule has 0 amide bonds. The number of tetrazole rings is 1. The van der Waals surface area contributed by atoms with Gasteiger partial charge in [-0.05, 0) is 74.1 Å². The fraction of sp³-hybridized carbons (Fsp3) is 0.130. The average Bonchev–Trinajstić information content (AvgIpc) is 3.95. The fourth-order valence-electron chi connectivity index (χ4n) is 7.62. The summed E-state index contributed by atoms with van der Waals surface area (Å²) in [6, 6.07) is 54.1. The van der Waals surface area contributed by atoms with E-state index in [9.17, 15) is 0 Å². The van der Waals surface area contributed by atoms with Crippen LogP contribution < -0.4 is 0 Å². The minimum Gasteiger partial charge on any atom is -0.455 e. The molecule has 0 unspecified atom stereocenters. The normalized spacial score (nSPS) is 11.8. The lowest BCUT2D eigenvalue weighted by Crippen LogP contribution is -2.39. The molecule has 0 radical (unpaired) electrons. The number of hydrogen-bond acceptors (Lipinski definition) is 5. The van der Waals surface area contributed by atoms with Gasteiger partial charge in [-0.25, -0.2) is 4.98 Å². The van der Waals surface area contributed by atoms with Gasteiger partial charge in [0.1, 0.15) is 17.2 Å². The minimum absolute atomic E-state index is 0.498. The topological polar surface area (TPSA) is 74.6 Å². The first-order valence-corrected chi connectivity index (χ1v) is 19.2. The van der Waals surface area contributed by atoms with Crippen molar-refractivity contribution in [2.75, 3.05) is 0 Å². The highest BCUT2D eigenvalue weighted by molar-refractivity contribution is 9.10. The Hall–Kier alpha value is -6.12. The maximum atomic E-state index is 6.62. The second kappa shape index (κ2) is 14.4. The van der Waals surface area contributed by atoms with Crippen molar-refractivity contribution in [2.45, 2.75) is 38.3 Å². The molecule has 0 fully saturated rings. The van der Waals surface area contributed by atoms with E-state index in [4.69, 9.17) is 24.8 Å². The highest BCUT2D eigenvalue weighted by Crippen LogP contribution is 2.43. The summed E-state index contributed by atoms with van der Waals surface area (Å²) in [5, 5.41) is 15.7. The SMILES string of the molecule is CCCCc1nc2ccccc2n1Cc1ccc2oc(-c3ccccc3-c3nnn(C(c4ccccc4)(c4ccccc4)c4ccccc4)n3)c(Br)c2c1. The van der Waals surface area contributed by atoms with Crippen molar-refractivity contribution in [1.29, 1.82) is 0 Å². The van der Waals surface area contributed by atoms with Crippen LogP contribution in [0.1, 0.15) is 47.8 Å². The van der Waals surface area contributed by atoms with Crippen LogP contribution in [0.4, 0.5) is 0 Å². The summed E-state index contributed by atoms with van der Waals surface area (Å²) in [5.74, 6) is 2.33. The molecule has 0 saturated carbocycles. The number of fused-ring (bicyclic) bond motifs is 2. The zero-order valence-electron chi connectivity index (χ0n) is 29.8. The Labute approximate surface area is 322 Å². The molecule has 0 spiro atoms. The largest absolute Gasteiger partial charge is 0.455 e. The number of aromatic nitrogens is 6. The van der Waals surface area contributed by atoms with Gasteiger partial charge in [0, 0.05) is 29.5 Å². The molecule has 264 valence electrons. The van der Waals surface area contributed by atoms with Gasteiger partial charge >= 0.3 is 0 Å². The minimum atomic E-state index is -0.878. The lowest BCUT2D eigenvalue weighted by Gasteiger charge is -2.34. The Bertz CT molecular complexity index is 2600. The maximum absolute atomic E-state index is 6.62. The summed E-state index contributed by atoms with van der Waals surface area (Å²) in [6.45, 7) is 2.94. The van der Waals surface area contributed by atoms with Gasteiger partial charge in [0.15, 0.2) is 5.54 Å². The molecule has 0 atom stereocenters. The molecule has 0 aliphatic heterocycles. The first-order chi connectivity index (χ1) is 26.6. The Morgan fingerprint density at radius 1 is 0.685 bits per heavy atom. The van der Waals surface area contributed by atoms with Crippen LogP contribution in [0.2, 0.25) is 0 Å². The van der Waals surface area contributed by atoms with Gasteiger partial charge in [-0.1, -0.05) is 147 Å². The predicted octanol–water partition coefficient (Wildman–Crippen LogP) is 11.1. The van der Waals surface area contributed by atoms with E-state index in [1.807, 2.05) is 36.4 Å². The number of rotatable bonds is 11. The van der Waals surface area contributed by atoms with Crippen LogP contribution in [0.25, 0.3) is 44.7 Å². The molecule has 54 heavy (non-hydrogen) atoms. The van der Waals surface area contributed by atoms with E-state index in [1.165, 1.54) is 5.56 Å². The van der Waals surface area contributed by atoms with Gasteiger partial charge in [-0.3, -0.25) is 0 Å². The molecule has 0 bridgehead atoms. The molecule has 9 aromatic rings. The van der Waals surface area contributed by atoms with Crippen LogP contribution >= 0.6 is 15.9 Å². The van der Waals surface area contributed by atoms with Crippen molar-refractivity contribution in [3.8, 4) is 22.7 Å². The Morgan fingerprint density at radius 3 is 1.96 bits per heavy atom.